The molecule has 3 nitrogen and oxygen atoms in total. The van der Waals surface area contributed by atoms with E-state index < -0.39 is 0 Å². The van der Waals surface area contributed by atoms with Crippen molar-refractivity contribution in [1.29, 1.82) is 0 Å². The van der Waals surface area contributed by atoms with Crippen LogP contribution in [0.25, 0.3) is 5.70 Å². The maximum absolute atomic E-state index is 11.7. The zero-order valence-corrected chi connectivity index (χ0v) is 7.92. The van der Waals surface area contributed by atoms with Gasteiger partial charge < -0.3 is 4.57 Å². The van der Waals surface area contributed by atoms with Crippen LogP contribution < -0.4 is 10.6 Å². The normalized spacial score (nSPS) is 13.9. The molecule has 3 heteroatoms. The van der Waals surface area contributed by atoms with Crippen LogP contribution in [0.3, 0.4) is 0 Å². The Morgan fingerprint density at radius 2 is 1.73 bits per heavy atom. The second-order valence-corrected chi connectivity index (χ2v) is 3.37. The summed E-state index contributed by atoms with van der Waals surface area (Å²) in [6, 6.07) is 11.3. The number of aromatic nitrogens is 1. The molecule has 0 N–H and O–H groups in total. The summed E-state index contributed by atoms with van der Waals surface area (Å²) in [4.78, 5) is 15.7. The molecule has 1 aliphatic heterocycles. The highest BCUT2D eigenvalue weighted by Gasteiger charge is 2.16. The summed E-state index contributed by atoms with van der Waals surface area (Å²) in [6.07, 6.45) is 3.70. The minimum absolute atomic E-state index is 0.174. The number of hydrogen-bond donors (Lipinski definition) is 0. The Kier molecular flexibility index (Phi) is 1.59. The molecule has 0 bridgehead atoms. The van der Waals surface area contributed by atoms with E-state index in [4.69, 9.17) is 0 Å². The zero-order valence-electron chi connectivity index (χ0n) is 7.92. The Balaban J connectivity index is 2.43. The minimum atomic E-state index is -0.174. The molecule has 0 aliphatic carbocycles. The number of hydrogen-bond acceptors (Lipinski definition) is 1. The molecular weight excluding hydrogens is 188 g/mol. The molecule has 1 amide bonds. The zero-order chi connectivity index (χ0) is 10.3. The van der Waals surface area contributed by atoms with Gasteiger partial charge in [-0.2, -0.15) is 0 Å². The van der Waals surface area contributed by atoms with Crippen molar-refractivity contribution in [3.63, 3.8) is 0 Å². The van der Waals surface area contributed by atoms with Gasteiger partial charge in [0.05, 0.1) is 5.36 Å². The van der Waals surface area contributed by atoms with Gasteiger partial charge >= 0.3 is 0 Å². The van der Waals surface area contributed by atoms with E-state index in [9.17, 15) is 4.79 Å². The first-order chi connectivity index (χ1) is 7.36. The van der Waals surface area contributed by atoms with Crippen molar-refractivity contribution in [3.05, 3.63) is 59.4 Å². The number of rotatable bonds is 1. The van der Waals surface area contributed by atoms with Crippen LogP contribution in [0.2, 0.25) is 0 Å². The highest BCUT2D eigenvalue weighted by Crippen LogP contribution is 2.05. The summed E-state index contributed by atoms with van der Waals surface area (Å²) >= 11 is 0. The lowest BCUT2D eigenvalue weighted by Gasteiger charge is -1.99. The van der Waals surface area contributed by atoms with Crippen LogP contribution in [0.15, 0.2) is 53.8 Å². The average Bonchev–Trinajstić information content (AvgIpc) is 2.82. The van der Waals surface area contributed by atoms with Crippen molar-refractivity contribution < 1.29 is 4.79 Å². The molecule has 0 spiro atoms. The second kappa shape index (κ2) is 2.92. The van der Waals surface area contributed by atoms with E-state index in [2.05, 4.69) is 4.99 Å². The topological polar surface area (TPSA) is 34.4 Å². The number of carbonyl (C=O) groups is 1. The fraction of sp³-hybridized carbons (Fsp3) is 0. The van der Waals surface area contributed by atoms with Crippen LogP contribution in [0.1, 0.15) is 0 Å². The van der Waals surface area contributed by atoms with E-state index in [1.165, 1.54) is 0 Å². The molecule has 0 atom stereocenters. The van der Waals surface area contributed by atoms with Gasteiger partial charge in [-0.25, -0.2) is 4.99 Å². The Bertz CT molecular complexity index is 639. The minimum Gasteiger partial charge on any atom is -0.319 e. The first kappa shape index (κ1) is 8.17. The van der Waals surface area contributed by atoms with Crippen LogP contribution in [-0.2, 0) is 4.79 Å². The van der Waals surface area contributed by atoms with Gasteiger partial charge in [0.25, 0.3) is 5.91 Å². The van der Waals surface area contributed by atoms with E-state index in [-0.39, 0.29) is 5.91 Å². The Labute approximate surface area is 86.0 Å². The number of benzene rings is 1. The van der Waals surface area contributed by atoms with Crippen molar-refractivity contribution in [1.82, 2.24) is 4.57 Å². The van der Waals surface area contributed by atoms with Gasteiger partial charge in [0.2, 0.25) is 0 Å². The van der Waals surface area contributed by atoms with Crippen molar-refractivity contribution in [3.8, 4) is 0 Å². The Morgan fingerprint density at radius 3 is 2.53 bits per heavy atom. The molecule has 15 heavy (non-hydrogen) atoms. The van der Waals surface area contributed by atoms with E-state index in [1.807, 2.05) is 48.8 Å². The lowest BCUT2D eigenvalue weighted by Crippen LogP contribution is -2.24. The molecular formula is C12H8N2O. The maximum Gasteiger partial charge on any atom is 0.295 e. The molecule has 72 valence electrons. The van der Waals surface area contributed by atoms with Gasteiger partial charge in [-0.05, 0) is 18.2 Å². The lowest BCUT2D eigenvalue weighted by molar-refractivity contribution is -0.112. The number of carbonyl (C=O) groups excluding carboxylic acids is 1. The predicted molar refractivity (Wildman–Crippen MR) is 55.5 cm³/mol. The van der Waals surface area contributed by atoms with Crippen LogP contribution in [-0.4, -0.2) is 10.5 Å². The highest BCUT2D eigenvalue weighted by molar-refractivity contribution is 6.15. The third-order valence-electron chi connectivity index (χ3n) is 2.45. The van der Waals surface area contributed by atoms with Crippen LogP contribution in [0, 0.1) is 0 Å². The highest BCUT2D eigenvalue weighted by atomic mass is 16.1. The summed E-state index contributed by atoms with van der Waals surface area (Å²) in [5.74, 6) is -0.174. The fourth-order valence-corrected chi connectivity index (χ4v) is 1.78. The van der Waals surface area contributed by atoms with Crippen molar-refractivity contribution in [2.45, 2.75) is 0 Å². The van der Waals surface area contributed by atoms with E-state index in [0.29, 0.717) is 5.70 Å². The summed E-state index contributed by atoms with van der Waals surface area (Å²) in [6.45, 7) is 0. The van der Waals surface area contributed by atoms with Gasteiger partial charge in [-0.3, -0.25) is 4.79 Å². The second-order valence-electron chi connectivity index (χ2n) is 3.37. The smallest absolute Gasteiger partial charge is 0.295 e. The molecule has 3 rings (SSSR count). The SMILES string of the molecule is O=C1N=c2ccccc2=C1n1cccc1. The Morgan fingerprint density at radius 1 is 1.00 bits per heavy atom. The maximum atomic E-state index is 11.7. The van der Waals surface area contributed by atoms with Gasteiger partial charge in [-0.15, -0.1) is 0 Å². The summed E-state index contributed by atoms with van der Waals surface area (Å²) in [5, 5.41) is 1.66. The standard InChI is InChI=1S/C12H8N2O/c15-12-11(14-7-3-4-8-14)9-5-1-2-6-10(9)13-12/h1-8H. The number of amides is 1. The van der Waals surface area contributed by atoms with Crippen molar-refractivity contribution >= 4 is 11.6 Å². The summed E-state index contributed by atoms with van der Waals surface area (Å²) < 4.78 is 1.80. The Hall–Kier alpha value is -2.16. The molecule has 2 heterocycles. The van der Waals surface area contributed by atoms with Gasteiger partial charge in [0, 0.05) is 17.6 Å². The van der Waals surface area contributed by atoms with Gasteiger partial charge in [-0.1, -0.05) is 18.2 Å². The first-order valence-electron chi connectivity index (χ1n) is 4.72. The molecule has 2 aromatic rings. The molecule has 0 radical (unpaired) electrons. The lowest BCUT2D eigenvalue weighted by atomic mass is 10.2. The molecule has 1 aromatic carbocycles. The molecule has 0 unspecified atom stereocenters. The quantitative estimate of drug-likeness (QED) is 0.646. The van der Waals surface area contributed by atoms with Crippen LogP contribution in [0.5, 0.6) is 0 Å². The fourth-order valence-electron chi connectivity index (χ4n) is 1.78. The number of fused-ring (bicyclic) bond motifs is 1. The first-order valence-corrected chi connectivity index (χ1v) is 4.72. The van der Waals surface area contributed by atoms with E-state index in [1.54, 1.807) is 4.57 Å². The van der Waals surface area contributed by atoms with Crippen molar-refractivity contribution in [2.24, 2.45) is 4.99 Å². The number of para-hydroxylation sites is 1. The molecule has 0 saturated carbocycles. The number of nitrogens with zero attached hydrogens (tertiary/aromatic N) is 2. The van der Waals surface area contributed by atoms with E-state index in [0.717, 1.165) is 10.6 Å². The summed E-state index contributed by atoms with van der Waals surface area (Å²) in [5.41, 5.74) is 0.635. The van der Waals surface area contributed by atoms with Gasteiger partial charge in [0.1, 0.15) is 5.70 Å². The van der Waals surface area contributed by atoms with Crippen LogP contribution in [0.4, 0.5) is 0 Å². The van der Waals surface area contributed by atoms with Gasteiger partial charge in [0.15, 0.2) is 0 Å². The average molecular weight is 196 g/mol. The van der Waals surface area contributed by atoms with E-state index >= 15 is 0 Å². The van der Waals surface area contributed by atoms with Crippen LogP contribution >= 0.6 is 0 Å². The van der Waals surface area contributed by atoms with Crippen molar-refractivity contribution in [2.75, 3.05) is 0 Å². The molecule has 0 saturated heterocycles. The molecule has 0 fully saturated rings. The monoisotopic (exact) mass is 196 g/mol. The molecule has 1 aromatic heterocycles. The molecule has 1 aliphatic rings. The predicted octanol–water partition coefficient (Wildman–Crippen LogP) is 0.304. The third kappa shape index (κ3) is 1.13. The third-order valence-corrected chi connectivity index (χ3v) is 2.45. The largest absolute Gasteiger partial charge is 0.319 e. The summed E-state index contributed by atoms with van der Waals surface area (Å²) in [7, 11) is 0.